The van der Waals surface area contributed by atoms with Crippen LogP contribution in [-0.4, -0.2) is 10.9 Å². The van der Waals surface area contributed by atoms with Gasteiger partial charge in [-0.15, -0.1) is 11.3 Å². The van der Waals surface area contributed by atoms with E-state index in [4.69, 9.17) is 0 Å². The van der Waals surface area contributed by atoms with Gasteiger partial charge in [-0.1, -0.05) is 48.2 Å². The smallest absolute Gasteiger partial charge is 0.251 e. The van der Waals surface area contributed by atoms with E-state index in [0.717, 1.165) is 21.3 Å². The summed E-state index contributed by atoms with van der Waals surface area (Å²) in [5.41, 5.74) is 5.27. The van der Waals surface area contributed by atoms with E-state index in [1.54, 1.807) is 23.1 Å². The van der Waals surface area contributed by atoms with Crippen LogP contribution in [-0.2, 0) is 12.3 Å². The third kappa shape index (κ3) is 4.94. The molecule has 0 unspecified atom stereocenters. The zero-order valence-electron chi connectivity index (χ0n) is 14.3. The molecule has 25 heavy (non-hydrogen) atoms. The molecule has 1 aromatic heterocycles. The summed E-state index contributed by atoms with van der Waals surface area (Å²) >= 11 is 3.39. The van der Waals surface area contributed by atoms with Gasteiger partial charge in [0.1, 0.15) is 4.34 Å². The Morgan fingerprint density at radius 2 is 1.88 bits per heavy atom. The second kappa shape index (κ2) is 8.32. The fraction of sp³-hybridized carbons (Fsp3) is 0.200. The van der Waals surface area contributed by atoms with E-state index in [9.17, 15) is 4.79 Å². The first kappa shape index (κ1) is 17.7. The molecule has 0 bridgehead atoms. The van der Waals surface area contributed by atoms with Crippen LogP contribution in [0.3, 0.4) is 0 Å². The highest BCUT2D eigenvalue weighted by molar-refractivity contribution is 8.00. The lowest BCUT2D eigenvalue weighted by molar-refractivity contribution is 0.0951. The molecule has 1 amide bonds. The van der Waals surface area contributed by atoms with E-state index in [1.165, 1.54) is 11.1 Å². The number of thioether (sulfide) groups is 1. The van der Waals surface area contributed by atoms with Gasteiger partial charge < -0.3 is 5.32 Å². The Hall–Kier alpha value is -2.11. The summed E-state index contributed by atoms with van der Waals surface area (Å²) in [6, 6.07) is 15.9. The molecule has 3 nitrogen and oxygen atoms in total. The Morgan fingerprint density at radius 1 is 1.12 bits per heavy atom. The number of rotatable bonds is 6. The number of nitrogens with zero attached hydrogens (tertiary/aromatic N) is 1. The van der Waals surface area contributed by atoms with Crippen molar-refractivity contribution in [1.29, 1.82) is 0 Å². The van der Waals surface area contributed by atoms with Crippen molar-refractivity contribution in [1.82, 2.24) is 10.3 Å². The van der Waals surface area contributed by atoms with Crippen molar-refractivity contribution in [3.63, 3.8) is 0 Å². The number of nitrogens with one attached hydrogen (secondary N) is 1. The maximum atomic E-state index is 12.3. The standard InChI is InChI=1S/C20H20N2OS2/c1-14-5-3-4-6-18(14)11-21-19(23)17-9-7-16(8-10-17)13-25-20-22-15(2)12-24-20/h3-10,12H,11,13H2,1-2H3,(H,21,23). The Labute approximate surface area is 156 Å². The number of benzene rings is 2. The molecule has 0 atom stereocenters. The highest BCUT2D eigenvalue weighted by atomic mass is 32.2. The number of thiazole rings is 1. The fourth-order valence-electron chi connectivity index (χ4n) is 2.38. The lowest BCUT2D eigenvalue weighted by Gasteiger charge is -2.08. The minimum atomic E-state index is -0.0435. The number of aryl methyl sites for hydroxylation is 2. The summed E-state index contributed by atoms with van der Waals surface area (Å²) < 4.78 is 1.08. The number of amides is 1. The van der Waals surface area contributed by atoms with Crippen LogP contribution in [0.15, 0.2) is 58.3 Å². The van der Waals surface area contributed by atoms with Gasteiger partial charge in [-0.05, 0) is 42.7 Å². The summed E-state index contributed by atoms with van der Waals surface area (Å²) in [5.74, 6) is 0.816. The van der Waals surface area contributed by atoms with Crippen molar-refractivity contribution in [2.24, 2.45) is 0 Å². The number of carbonyl (C=O) groups is 1. The predicted octanol–water partition coefficient (Wildman–Crippen LogP) is 4.98. The quantitative estimate of drug-likeness (QED) is 0.624. The minimum Gasteiger partial charge on any atom is -0.348 e. The normalized spacial score (nSPS) is 10.6. The predicted molar refractivity (Wildman–Crippen MR) is 105 cm³/mol. The van der Waals surface area contributed by atoms with E-state index in [1.807, 2.05) is 49.4 Å². The van der Waals surface area contributed by atoms with Gasteiger partial charge in [0.25, 0.3) is 5.91 Å². The summed E-state index contributed by atoms with van der Waals surface area (Å²) in [7, 11) is 0. The molecule has 0 saturated carbocycles. The highest BCUT2D eigenvalue weighted by Crippen LogP contribution is 2.26. The fourth-order valence-corrected chi connectivity index (χ4v) is 4.19. The molecule has 0 spiro atoms. The molecule has 0 aliphatic rings. The van der Waals surface area contributed by atoms with Crippen molar-refractivity contribution in [2.45, 2.75) is 30.5 Å². The molecule has 1 N–H and O–H groups in total. The first-order valence-corrected chi connectivity index (χ1v) is 9.95. The van der Waals surface area contributed by atoms with E-state index < -0.39 is 0 Å². The van der Waals surface area contributed by atoms with Gasteiger partial charge in [0.15, 0.2) is 0 Å². The van der Waals surface area contributed by atoms with Crippen LogP contribution in [0.1, 0.15) is 32.7 Å². The largest absolute Gasteiger partial charge is 0.348 e. The van der Waals surface area contributed by atoms with Gasteiger partial charge in [0, 0.05) is 28.9 Å². The Balaban J connectivity index is 1.54. The van der Waals surface area contributed by atoms with Crippen LogP contribution in [0.4, 0.5) is 0 Å². The van der Waals surface area contributed by atoms with Crippen LogP contribution in [0.2, 0.25) is 0 Å². The highest BCUT2D eigenvalue weighted by Gasteiger charge is 2.07. The molecule has 0 fully saturated rings. The summed E-state index contributed by atoms with van der Waals surface area (Å²) in [6.45, 7) is 4.61. The Bertz CT molecular complexity index is 856. The molecule has 0 aliphatic heterocycles. The minimum absolute atomic E-state index is 0.0435. The molecule has 3 aromatic rings. The number of hydrogen-bond donors (Lipinski definition) is 1. The third-order valence-electron chi connectivity index (χ3n) is 3.88. The topological polar surface area (TPSA) is 42.0 Å². The molecule has 5 heteroatoms. The molecular weight excluding hydrogens is 348 g/mol. The van der Waals surface area contributed by atoms with Crippen LogP contribution < -0.4 is 5.32 Å². The van der Waals surface area contributed by atoms with Crippen molar-refractivity contribution in [3.8, 4) is 0 Å². The molecule has 0 radical (unpaired) electrons. The van der Waals surface area contributed by atoms with Gasteiger partial charge >= 0.3 is 0 Å². The van der Waals surface area contributed by atoms with E-state index in [0.29, 0.717) is 12.1 Å². The lowest BCUT2D eigenvalue weighted by Crippen LogP contribution is -2.23. The summed E-state index contributed by atoms with van der Waals surface area (Å²) in [6.07, 6.45) is 0. The zero-order valence-corrected chi connectivity index (χ0v) is 15.9. The van der Waals surface area contributed by atoms with Crippen molar-refractivity contribution in [3.05, 3.63) is 81.9 Å². The Morgan fingerprint density at radius 3 is 2.56 bits per heavy atom. The second-order valence-electron chi connectivity index (χ2n) is 5.85. The maximum absolute atomic E-state index is 12.3. The van der Waals surface area contributed by atoms with Gasteiger partial charge in [0.2, 0.25) is 0 Å². The van der Waals surface area contributed by atoms with Crippen molar-refractivity contribution in [2.75, 3.05) is 0 Å². The molecule has 2 aromatic carbocycles. The zero-order chi connectivity index (χ0) is 17.6. The molecule has 0 aliphatic carbocycles. The average Bonchev–Trinajstić information content (AvgIpc) is 3.05. The molecular formula is C20H20N2OS2. The molecule has 0 saturated heterocycles. The van der Waals surface area contributed by atoms with Gasteiger partial charge in [0.05, 0.1) is 0 Å². The lowest BCUT2D eigenvalue weighted by atomic mass is 10.1. The molecule has 3 rings (SSSR count). The monoisotopic (exact) mass is 368 g/mol. The van der Waals surface area contributed by atoms with Gasteiger partial charge in [-0.3, -0.25) is 4.79 Å². The van der Waals surface area contributed by atoms with Crippen LogP contribution in [0.25, 0.3) is 0 Å². The van der Waals surface area contributed by atoms with Gasteiger partial charge in [-0.25, -0.2) is 4.98 Å². The van der Waals surface area contributed by atoms with Gasteiger partial charge in [-0.2, -0.15) is 0 Å². The van der Waals surface area contributed by atoms with E-state index >= 15 is 0 Å². The average molecular weight is 369 g/mol. The number of hydrogen-bond acceptors (Lipinski definition) is 4. The first-order chi connectivity index (χ1) is 12.1. The third-order valence-corrected chi connectivity index (χ3v) is 6.09. The summed E-state index contributed by atoms with van der Waals surface area (Å²) in [5, 5.41) is 5.04. The van der Waals surface area contributed by atoms with E-state index in [-0.39, 0.29) is 5.91 Å². The Kier molecular flexibility index (Phi) is 5.89. The molecule has 1 heterocycles. The summed E-state index contributed by atoms with van der Waals surface area (Å²) in [4.78, 5) is 16.7. The van der Waals surface area contributed by atoms with E-state index in [2.05, 4.69) is 28.7 Å². The number of aromatic nitrogens is 1. The van der Waals surface area contributed by atoms with Crippen LogP contribution in [0.5, 0.6) is 0 Å². The second-order valence-corrected chi connectivity index (χ2v) is 7.93. The molecule has 128 valence electrons. The van der Waals surface area contributed by atoms with Crippen molar-refractivity contribution < 1.29 is 4.79 Å². The van der Waals surface area contributed by atoms with Crippen LogP contribution in [0, 0.1) is 13.8 Å². The first-order valence-electron chi connectivity index (χ1n) is 8.08. The number of carbonyl (C=O) groups excluding carboxylic acids is 1. The SMILES string of the molecule is Cc1csc(SCc2ccc(C(=O)NCc3ccccc3C)cc2)n1. The van der Waals surface area contributed by atoms with Crippen LogP contribution >= 0.6 is 23.1 Å². The van der Waals surface area contributed by atoms with Crippen molar-refractivity contribution >= 4 is 29.0 Å². The maximum Gasteiger partial charge on any atom is 0.251 e.